The monoisotopic (exact) mass is 261 g/mol. The Morgan fingerprint density at radius 1 is 1.47 bits per heavy atom. The van der Waals surface area contributed by atoms with Gasteiger partial charge < -0.3 is 20.6 Å². The summed E-state index contributed by atoms with van der Waals surface area (Å²) >= 11 is 0. The maximum absolute atomic E-state index is 11.4. The molecule has 0 aromatic heterocycles. The lowest BCUT2D eigenvalue weighted by molar-refractivity contribution is -0.138. The van der Waals surface area contributed by atoms with E-state index in [-0.39, 0.29) is 12.6 Å². The van der Waals surface area contributed by atoms with Crippen molar-refractivity contribution in [2.75, 3.05) is 12.8 Å². The van der Waals surface area contributed by atoms with Gasteiger partial charge in [0.2, 0.25) is 7.37 Å². The fraction of sp³-hybridized carbons (Fsp3) is 0.800. The summed E-state index contributed by atoms with van der Waals surface area (Å²) in [6, 6.07) is -1.22. The van der Waals surface area contributed by atoms with Gasteiger partial charge in [0.15, 0.2) is 0 Å². The summed E-state index contributed by atoms with van der Waals surface area (Å²) in [7, 11) is -8.34. The second-order valence-electron chi connectivity index (χ2n) is 3.04. The Morgan fingerprint density at radius 2 is 1.93 bits per heavy atom. The van der Waals surface area contributed by atoms with Crippen LogP contribution in [0.2, 0.25) is 0 Å². The standard InChI is InChI=1S/C5H13NO7P2/c1-14(9,13-15(10,11)12)3-2-4(6)5(7)8/h4H,2-3,6H2,1H3,(H,7,8)(H2,10,11,12)/t4-,14+/m0/s1. The van der Waals surface area contributed by atoms with Gasteiger partial charge in [-0.1, -0.05) is 0 Å². The fourth-order valence-electron chi connectivity index (χ4n) is 0.763. The average Bonchev–Trinajstić information content (AvgIpc) is 1.95. The lowest BCUT2D eigenvalue weighted by Crippen LogP contribution is -2.30. The van der Waals surface area contributed by atoms with Gasteiger partial charge in [-0.3, -0.25) is 9.36 Å². The van der Waals surface area contributed by atoms with Gasteiger partial charge >= 0.3 is 13.8 Å². The van der Waals surface area contributed by atoms with Crippen molar-refractivity contribution < 1.29 is 33.1 Å². The second-order valence-corrected chi connectivity index (χ2v) is 7.15. The SMILES string of the molecule is C[P@](=O)(CC[C@H](N)C(=O)O)OP(=O)(O)O. The molecule has 0 aromatic rings. The molecule has 0 unspecified atom stereocenters. The van der Waals surface area contributed by atoms with Gasteiger partial charge in [-0.15, -0.1) is 0 Å². The van der Waals surface area contributed by atoms with E-state index in [0.717, 1.165) is 6.66 Å². The highest BCUT2D eigenvalue weighted by atomic mass is 31.3. The van der Waals surface area contributed by atoms with Crippen LogP contribution in [0.15, 0.2) is 0 Å². The Balaban J connectivity index is 4.23. The molecule has 10 heteroatoms. The van der Waals surface area contributed by atoms with Crippen LogP contribution < -0.4 is 5.73 Å². The number of aliphatic carboxylic acids is 1. The summed E-state index contributed by atoms with van der Waals surface area (Å²) < 4.78 is 25.8. The number of hydrogen-bond donors (Lipinski definition) is 4. The summed E-state index contributed by atoms with van der Waals surface area (Å²) in [5.41, 5.74) is 5.12. The molecule has 0 radical (unpaired) electrons. The number of carboxylic acids is 1. The van der Waals surface area contributed by atoms with E-state index in [0.29, 0.717) is 0 Å². The van der Waals surface area contributed by atoms with Crippen molar-refractivity contribution in [3.05, 3.63) is 0 Å². The Morgan fingerprint density at radius 3 is 2.27 bits per heavy atom. The van der Waals surface area contributed by atoms with Crippen molar-refractivity contribution in [2.45, 2.75) is 12.5 Å². The van der Waals surface area contributed by atoms with E-state index in [9.17, 15) is 13.9 Å². The van der Waals surface area contributed by atoms with Crippen LogP contribution >= 0.6 is 15.2 Å². The van der Waals surface area contributed by atoms with Gasteiger partial charge in [-0.2, -0.15) is 0 Å². The molecule has 0 aliphatic carbocycles. The van der Waals surface area contributed by atoms with E-state index in [1.54, 1.807) is 0 Å². The van der Waals surface area contributed by atoms with E-state index < -0.39 is 27.2 Å². The molecule has 8 nitrogen and oxygen atoms in total. The zero-order valence-electron chi connectivity index (χ0n) is 7.94. The molecule has 90 valence electrons. The van der Waals surface area contributed by atoms with Gasteiger partial charge in [0, 0.05) is 12.8 Å². The number of carbonyl (C=O) groups is 1. The summed E-state index contributed by atoms with van der Waals surface area (Å²) in [5.74, 6) is -1.27. The number of rotatable bonds is 6. The van der Waals surface area contributed by atoms with Gasteiger partial charge in [0.1, 0.15) is 6.04 Å². The Bertz CT molecular complexity index is 323. The van der Waals surface area contributed by atoms with E-state index in [1.165, 1.54) is 0 Å². The minimum absolute atomic E-state index is 0.177. The molecule has 0 aliphatic heterocycles. The third kappa shape index (κ3) is 7.67. The largest absolute Gasteiger partial charge is 0.480 e. The zero-order chi connectivity index (χ0) is 12.3. The van der Waals surface area contributed by atoms with Crippen molar-refractivity contribution in [1.29, 1.82) is 0 Å². The maximum Gasteiger partial charge on any atom is 0.475 e. The quantitative estimate of drug-likeness (QED) is 0.480. The molecule has 0 saturated heterocycles. The number of nitrogens with two attached hydrogens (primary N) is 1. The van der Waals surface area contributed by atoms with Crippen molar-refractivity contribution in [3.8, 4) is 0 Å². The van der Waals surface area contributed by atoms with Gasteiger partial charge in [-0.25, -0.2) is 8.88 Å². The Labute approximate surface area is 86.1 Å². The van der Waals surface area contributed by atoms with Crippen LogP contribution in [0.1, 0.15) is 6.42 Å². The molecular weight excluding hydrogens is 248 g/mol. The molecule has 0 saturated carbocycles. The lowest BCUT2D eigenvalue weighted by Gasteiger charge is -2.15. The van der Waals surface area contributed by atoms with Crippen molar-refractivity contribution in [2.24, 2.45) is 5.73 Å². The molecule has 5 N–H and O–H groups in total. The highest BCUT2D eigenvalue weighted by Crippen LogP contribution is 2.57. The van der Waals surface area contributed by atoms with Crippen molar-refractivity contribution in [1.82, 2.24) is 0 Å². The highest BCUT2D eigenvalue weighted by Gasteiger charge is 2.28. The van der Waals surface area contributed by atoms with E-state index in [2.05, 4.69) is 4.31 Å². The molecule has 0 heterocycles. The molecule has 0 aromatic carbocycles. The summed E-state index contributed by atoms with van der Waals surface area (Å²) in [5, 5.41) is 8.40. The average molecular weight is 261 g/mol. The molecule has 2 atom stereocenters. The van der Waals surface area contributed by atoms with Crippen LogP contribution in [0.25, 0.3) is 0 Å². The first-order chi connectivity index (χ1) is 6.53. The third-order valence-corrected chi connectivity index (χ3v) is 4.75. The van der Waals surface area contributed by atoms with Gasteiger partial charge in [0.25, 0.3) is 0 Å². The summed E-state index contributed by atoms with van der Waals surface area (Å²) in [4.78, 5) is 27.1. The van der Waals surface area contributed by atoms with E-state index >= 15 is 0 Å². The zero-order valence-corrected chi connectivity index (χ0v) is 9.73. The molecular formula is C5H13NO7P2. The molecule has 0 spiro atoms. The van der Waals surface area contributed by atoms with E-state index in [1.807, 2.05) is 0 Å². The third-order valence-electron chi connectivity index (χ3n) is 1.44. The Kier molecular flexibility index (Phi) is 5.13. The lowest BCUT2D eigenvalue weighted by atomic mass is 10.2. The highest BCUT2D eigenvalue weighted by molar-refractivity contribution is 7.66. The van der Waals surface area contributed by atoms with Crippen LogP contribution in [0.4, 0.5) is 0 Å². The number of hydrogen-bond acceptors (Lipinski definition) is 5. The topological polar surface area (TPSA) is 147 Å². The minimum Gasteiger partial charge on any atom is -0.480 e. The van der Waals surface area contributed by atoms with E-state index in [4.69, 9.17) is 20.6 Å². The summed E-state index contributed by atoms with van der Waals surface area (Å²) in [6.07, 6.45) is -0.477. The fourth-order valence-corrected chi connectivity index (χ4v) is 3.64. The van der Waals surface area contributed by atoms with Crippen LogP contribution in [-0.2, 0) is 18.2 Å². The molecule has 15 heavy (non-hydrogen) atoms. The molecule has 0 fully saturated rings. The van der Waals surface area contributed by atoms with Crippen molar-refractivity contribution >= 4 is 21.2 Å². The maximum atomic E-state index is 11.4. The number of carboxylic acid groups (broad SMARTS) is 1. The van der Waals surface area contributed by atoms with Crippen LogP contribution in [0.3, 0.4) is 0 Å². The minimum atomic E-state index is -4.82. The van der Waals surface area contributed by atoms with Gasteiger partial charge in [-0.05, 0) is 6.42 Å². The second kappa shape index (κ2) is 5.21. The predicted octanol–water partition coefficient (Wildman–Crippen LogP) is -0.194. The molecule has 0 rings (SSSR count). The van der Waals surface area contributed by atoms with Gasteiger partial charge in [0.05, 0.1) is 0 Å². The molecule has 0 amide bonds. The smallest absolute Gasteiger partial charge is 0.475 e. The first kappa shape index (κ1) is 14.8. The molecule has 0 aliphatic rings. The van der Waals surface area contributed by atoms with Crippen LogP contribution in [-0.4, -0.2) is 39.7 Å². The van der Waals surface area contributed by atoms with Crippen molar-refractivity contribution in [3.63, 3.8) is 0 Å². The Hall–Kier alpha value is -0.230. The normalized spacial score (nSPS) is 18.1. The summed E-state index contributed by atoms with van der Waals surface area (Å²) in [6.45, 7) is 1.01. The van der Waals surface area contributed by atoms with Crippen LogP contribution in [0.5, 0.6) is 0 Å². The number of phosphoric acid groups is 1. The van der Waals surface area contributed by atoms with Crippen LogP contribution in [0, 0.1) is 0 Å². The molecule has 0 bridgehead atoms. The first-order valence-electron chi connectivity index (χ1n) is 3.85. The first-order valence-corrected chi connectivity index (χ1v) is 7.64. The predicted molar refractivity (Wildman–Crippen MR) is 51.8 cm³/mol.